The maximum absolute atomic E-state index is 12.6. The first-order valence-electron chi connectivity index (χ1n) is 11.2. The number of carbonyl (C=O) groups is 2. The molecular formula is C25H31ClN2O4. The van der Waals surface area contributed by atoms with E-state index in [1.165, 1.54) is 28.7 Å². The number of carbonyl (C=O) groups excluding carboxylic acids is 1. The number of hydrogen-bond acceptors (Lipinski definition) is 4. The van der Waals surface area contributed by atoms with E-state index >= 15 is 0 Å². The summed E-state index contributed by atoms with van der Waals surface area (Å²) >= 11 is 0. The summed E-state index contributed by atoms with van der Waals surface area (Å²) in [5.41, 5.74) is 4.73. The van der Waals surface area contributed by atoms with Crippen LogP contribution in [0.3, 0.4) is 0 Å². The molecule has 2 aromatic carbocycles. The number of halogens is 1. The Hall–Kier alpha value is -2.57. The topological polar surface area (TPSA) is 78.9 Å². The van der Waals surface area contributed by atoms with Gasteiger partial charge in [0.1, 0.15) is 6.61 Å². The van der Waals surface area contributed by atoms with Crippen molar-refractivity contribution in [1.82, 2.24) is 10.2 Å². The Balaban J connectivity index is 0.00000289. The van der Waals surface area contributed by atoms with Crippen LogP contribution in [0.15, 0.2) is 48.5 Å². The average Bonchev–Trinajstić information content (AvgIpc) is 3.10. The molecule has 0 spiro atoms. The number of carboxylic acids is 1. The van der Waals surface area contributed by atoms with Gasteiger partial charge in [-0.3, -0.25) is 4.79 Å². The van der Waals surface area contributed by atoms with E-state index in [4.69, 9.17) is 9.84 Å². The second-order valence-electron chi connectivity index (χ2n) is 8.46. The summed E-state index contributed by atoms with van der Waals surface area (Å²) in [6, 6.07) is 16.2. The Morgan fingerprint density at radius 1 is 1.00 bits per heavy atom. The van der Waals surface area contributed by atoms with Crippen LogP contribution in [0.1, 0.15) is 49.1 Å². The number of alkyl carbamates (subject to hydrolysis) is 1. The van der Waals surface area contributed by atoms with Gasteiger partial charge in [-0.25, -0.2) is 4.79 Å². The molecule has 32 heavy (non-hydrogen) atoms. The molecule has 0 radical (unpaired) electrons. The molecule has 1 saturated heterocycles. The minimum atomic E-state index is -0.849. The van der Waals surface area contributed by atoms with Gasteiger partial charge in [0, 0.05) is 24.9 Å². The van der Waals surface area contributed by atoms with Crippen LogP contribution in [0.2, 0.25) is 0 Å². The molecule has 0 saturated carbocycles. The summed E-state index contributed by atoms with van der Waals surface area (Å²) in [6.07, 6.45) is 3.48. The van der Waals surface area contributed by atoms with E-state index in [1.54, 1.807) is 0 Å². The zero-order valence-corrected chi connectivity index (χ0v) is 19.0. The highest BCUT2D eigenvalue weighted by Crippen LogP contribution is 2.44. The zero-order valence-electron chi connectivity index (χ0n) is 18.2. The molecule has 1 fully saturated rings. The van der Waals surface area contributed by atoms with Gasteiger partial charge in [-0.05, 0) is 54.6 Å². The fourth-order valence-corrected chi connectivity index (χ4v) is 4.77. The molecule has 1 atom stereocenters. The van der Waals surface area contributed by atoms with Gasteiger partial charge in [-0.1, -0.05) is 55.0 Å². The smallest absolute Gasteiger partial charge is 0.407 e. The molecule has 2 aromatic rings. The van der Waals surface area contributed by atoms with Crippen molar-refractivity contribution in [2.75, 3.05) is 26.2 Å². The Bertz CT molecular complexity index is 884. The van der Waals surface area contributed by atoms with Crippen LogP contribution < -0.4 is 5.32 Å². The van der Waals surface area contributed by atoms with Gasteiger partial charge >= 0.3 is 12.1 Å². The second-order valence-corrected chi connectivity index (χ2v) is 8.46. The molecule has 7 heteroatoms. The van der Waals surface area contributed by atoms with E-state index in [0.717, 1.165) is 25.9 Å². The van der Waals surface area contributed by atoms with E-state index in [2.05, 4.69) is 34.5 Å². The first-order chi connectivity index (χ1) is 15.1. The van der Waals surface area contributed by atoms with E-state index in [9.17, 15) is 9.59 Å². The number of amides is 1. The minimum Gasteiger partial charge on any atom is -0.481 e. The number of benzene rings is 2. The van der Waals surface area contributed by atoms with Crippen LogP contribution >= 0.6 is 12.4 Å². The normalized spacial score (nSPS) is 16.4. The Kier molecular flexibility index (Phi) is 8.53. The van der Waals surface area contributed by atoms with Gasteiger partial charge in [0.25, 0.3) is 0 Å². The second kappa shape index (κ2) is 11.3. The predicted molar refractivity (Wildman–Crippen MR) is 126 cm³/mol. The third-order valence-electron chi connectivity index (χ3n) is 6.30. The highest BCUT2D eigenvalue weighted by atomic mass is 35.5. The lowest BCUT2D eigenvalue weighted by atomic mass is 9.98. The Labute approximate surface area is 195 Å². The number of nitrogens with zero attached hydrogens (tertiary/aromatic N) is 1. The van der Waals surface area contributed by atoms with Crippen LogP contribution in [0.5, 0.6) is 0 Å². The third-order valence-corrected chi connectivity index (χ3v) is 6.30. The fourth-order valence-electron chi connectivity index (χ4n) is 4.77. The van der Waals surface area contributed by atoms with Gasteiger partial charge in [-0.2, -0.15) is 0 Å². The average molecular weight is 459 g/mol. The quantitative estimate of drug-likeness (QED) is 0.601. The molecule has 0 bridgehead atoms. The lowest BCUT2D eigenvalue weighted by molar-refractivity contribution is -0.137. The lowest BCUT2D eigenvalue weighted by Gasteiger charge is -2.30. The van der Waals surface area contributed by atoms with Crippen molar-refractivity contribution in [1.29, 1.82) is 0 Å². The lowest BCUT2D eigenvalue weighted by Crippen LogP contribution is -2.45. The summed E-state index contributed by atoms with van der Waals surface area (Å²) in [4.78, 5) is 26.0. The van der Waals surface area contributed by atoms with Crippen molar-refractivity contribution >= 4 is 24.5 Å². The van der Waals surface area contributed by atoms with E-state index < -0.39 is 12.1 Å². The molecule has 2 aliphatic rings. The summed E-state index contributed by atoms with van der Waals surface area (Å²) in [7, 11) is 0. The molecule has 1 aliphatic carbocycles. The molecule has 4 rings (SSSR count). The first-order valence-corrected chi connectivity index (χ1v) is 11.2. The predicted octanol–water partition coefficient (Wildman–Crippen LogP) is 4.67. The third kappa shape index (κ3) is 5.81. The standard InChI is InChI=1S/C25H30N2O4.ClH/c28-24(29)13-12-18(16-27-14-6-1-7-15-27)26-25(30)31-17-23-21-10-4-2-8-19(21)20-9-3-5-11-22(20)23;/h2-5,8-11,18,23H,1,6-7,12-17H2,(H,26,30)(H,28,29);1H/t18-;/m0./s1. The Morgan fingerprint density at radius 2 is 1.59 bits per heavy atom. The van der Waals surface area contributed by atoms with Crippen molar-refractivity contribution in [3.05, 3.63) is 59.7 Å². The maximum Gasteiger partial charge on any atom is 0.407 e. The summed E-state index contributed by atoms with van der Waals surface area (Å²) < 4.78 is 5.65. The van der Waals surface area contributed by atoms with E-state index in [-0.39, 0.29) is 37.4 Å². The summed E-state index contributed by atoms with van der Waals surface area (Å²) in [5.74, 6) is -0.837. The van der Waals surface area contributed by atoms with Crippen LogP contribution in [-0.4, -0.2) is 54.4 Å². The minimum absolute atomic E-state index is 0. The highest BCUT2D eigenvalue weighted by molar-refractivity contribution is 5.85. The van der Waals surface area contributed by atoms with Crippen LogP contribution in [0.25, 0.3) is 11.1 Å². The van der Waals surface area contributed by atoms with Crippen LogP contribution in [0, 0.1) is 0 Å². The molecule has 1 aliphatic heterocycles. The number of piperidine rings is 1. The van der Waals surface area contributed by atoms with Gasteiger partial charge in [0.2, 0.25) is 0 Å². The largest absolute Gasteiger partial charge is 0.481 e. The van der Waals surface area contributed by atoms with Crippen LogP contribution in [0.4, 0.5) is 4.79 Å². The van der Waals surface area contributed by atoms with Gasteiger partial charge in [-0.15, -0.1) is 12.4 Å². The van der Waals surface area contributed by atoms with Crippen molar-refractivity contribution in [3.63, 3.8) is 0 Å². The summed E-state index contributed by atoms with van der Waals surface area (Å²) in [6.45, 7) is 2.92. The number of rotatable bonds is 8. The van der Waals surface area contributed by atoms with Crippen molar-refractivity contribution in [2.24, 2.45) is 0 Å². The van der Waals surface area contributed by atoms with E-state index in [1.807, 2.05) is 24.3 Å². The van der Waals surface area contributed by atoms with Crippen molar-refractivity contribution < 1.29 is 19.4 Å². The fraction of sp³-hybridized carbons (Fsp3) is 0.440. The zero-order chi connectivity index (χ0) is 21.6. The number of carboxylic acid groups (broad SMARTS) is 1. The van der Waals surface area contributed by atoms with Crippen molar-refractivity contribution in [2.45, 2.75) is 44.1 Å². The van der Waals surface area contributed by atoms with Gasteiger partial charge < -0.3 is 20.1 Å². The SMILES string of the molecule is Cl.O=C(O)CC[C@@H](CN1CCCCC1)NC(=O)OCC1c2ccccc2-c2ccccc21. The number of ether oxygens (including phenoxy) is 1. The molecule has 2 N–H and O–H groups in total. The number of aliphatic carboxylic acids is 1. The van der Waals surface area contributed by atoms with Gasteiger partial charge in [0.15, 0.2) is 0 Å². The summed E-state index contributed by atoms with van der Waals surface area (Å²) in [5, 5.41) is 12.0. The van der Waals surface area contributed by atoms with Crippen molar-refractivity contribution in [3.8, 4) is 11.1 Å². The molecule has 0 unspecified atom stereocenters. The van der Waals surface area contributed by atoms with Crippen LogP contribution in [-0.2, 0) is 9.53 Å². The molecule has 0 aromatic heterocycles. The monoisotopic (exact) mass is 458 g/mol. The molecule has 172 valence electrons. The number of hydrogen-bond donors (Lipinski definition) is 2. The number of nitrogens with one attached hydrogen (secondary N) is 1. The van der Waals surface area contributed by atoms with Gasteiger partial charge in [0.05, 0.1) is 0 Å². The molecule has 6 nitrogen and oxygen atoms in total. The molecular weight excluding hydrogens is 428 g/mol. The number of likely N-dealkylation sites (tertiary alicyclic amines) is 1. The molecule has 1 heterocycles. The maximum atomic E-state index is 12.6. The Morgan fingerprint density at radius 3 is 2.19 bits per heavy atom. The molecule has 1 amide bonds. The number of fused-ring (bicyclic) bond motifs is 3. The highest BCUT2D eigenvalue weighted by Gasteiger charge is 2.29. The van der Waals surface area contributed by atoms with E-state index in [0.29, 0.717) is 13.0 Å². The first kappa shape index (κ1) is 24.1.